The van der Waals surface area contributed by atoms with Gasteiger partial charge in [-0.25, -0.2) is 4.79 Å². The summed E-state index contributed by atoms with van der Waals surface area (Å²) in [6.45, 7) is 3.88. The second kappa shape index (κ2) is 6.15. The van der Waals surface area contributed by atoms with Gasteiger partial charge in [0.15, 0.2) is 6.35 Å². The minimum Gasteiger partial charge on any atom is -0.450 e. The van der Waals surface area contributed by atoms with E-state index in [1.165, 1.54) is 0 Å². The lowest BCUT2D eigenvalue weighted by atomic mass is 10.5. The number of nitrogens with zero attached hydrogens (tertiary/aromatic N) is 1. The molecule has 0 saturated carbocycles. The second-order valence-electron chi connectivity index (χ2n) is 4.28. The van der Waals surface area contributed by atoms with E-state index in [9.17, 15) is 14.3 Å². The topological polar surface area (TPSA) is 72.8 Å². The van der Waals surface area contributed by atoms with Gasteiger partial charge in [-0.1, -0.05) is 6.58 Å². The van der Waals surface area contributed by atoms with E-state index < -0.39 is 19.9 Å². The summed E-state index contributed by atoms with van der Waals surface area (Å²) in [6, 6.07) is 0. The van der Waals surface area contributed by atoms with Crippen LogP contribution in [0.2, 0.25) is 0 Å². The van der Waals surface area contributed by atoms with Gasteiger partial charge in [-0.3, -0.25) is 4.57 Å². The molecule has 7 heteroatoms. The van der Waals surface area contributed by atoms with Gasteiger partial charge in [-0.15, -0.1) is 0 Å². The van der Waals surface area contributed by atoms with E-state index in [1.54, 1.807) is 0 Å². The first-order valence-corrected chi connectivity index (χ1v) is 6.48. The predicted molar refractivity (Wildman–Crippen MR) is 59.8 cm³/mol. The molecular weight excluding hydrogens is 233 g/mol. The Morgan fingerprint density at radius 3 is 2.50 bits per heavy atom. The first kappa shape index (κ1) is 15.3. The number of hydrogen-bond donors (Lipinski definition) is 1. The van der Waals surface area contributed by atoms with Crippen LogP contribution in [0, 0.1) is 0 Å². The molecule has 0 saturated heterocycles. The molecule has 1 N–H and O–H groups in total. The predicted octanol–water partition coefficient (Wildman–Crippen LogP) is 0.581. The quantitative estimate of drug-likeness (QED) is 0.310. The van der Waals surface area contributed by atoms with Crippen molar-refractivity contribution in [3.05, 3.63) is 12.7 Å². The van der Waals surface area contributed by atoms with Gasteiger partial charge >= 0.3 is 13.6 Å². The average Bonchev–Trinajstić information content (AvgIpc) is 2.12. The van der Waals surface area contributed by atoms with Crippen LogP contribution in [0.15, 0.2) is 12.7 Å². The first-order valence-electron chi connectivity index (χ1n) is 4.72. The maximum atomic E-state index is 11.3. The monoisotopic (exact) mass is 252 g/mol. The number of esters is 1. The van der Waals surface area contributed by atoms with Gasteiger partial charge in [0.25, 0.3) is 0 Å². The molecule has 1 atom stereocenters. The Labute approximate surface area is 95.6 Å². The molecule has 0 aromatic heterocycles. The van der Waals surface area contributed by atoms with E-state index in [-0.39, 0.29) is 6.61 Å². The molecule has 0 bridgehead atoms. The normalized spacial score (nSPS) is 15.2. The van der Waals surface area contributed by atoms with Crippen molar-refractivity contribution in [2.24, 2.45) is 0 Å². The largest absolute Gasteiger partial charge is 0.450 e. The number of quaternary nitrogens is 1. The molecule has 16 heavy (non-hydrogen) atoms. The van der Waals surface area contributed by atoms with E-state index >= 15 is 0 Å². The Morgan fingerprint density at radius 1 is 1.50 bits per heavy atom. The summed E-state index contributed by atoms with van der Waals surface area (Å²) < 4.78 is 21.2. The molecule has 0 radical (unpaired) electrons. The summed E-state index contributed by atoms with van der Waals surface area (Å²) in [5.74, 6) is -0.746. The molecule has 0 aliphatic heterocycles. The Hall–Kier alpha value is -0.680. The lowest BCUT2D eigenvalue weighted by Gasteiger charge is -2.24. The summed E-state index contributed by atoms with van der Waals surface area (Å²) in [5, 5.41) is 0. The van der Waals surface area contributed by atoms with Gasteiger partial charge in [0.1, 0.15) is 13.2 Å². The number of carbonyl (C=O) groups excluding carboxylic acids is 1. The van der Waals surface area contributed by atoms with Gasteiger partial charge in [-0.2, -0.15) is 0 Å². The number of ether oxygens (including phenoxy) is 1. The van der Waals surface area contributed by atoms with Gasteiger partial charge in [-0.05, 0) is 0 Å². The zero-order valence-electron chi connectivity index (χ0n) is 9.88. The summed E-state index contributed by atoms with van der Waals surface area (Å²) in [7, 11) is 1.96. The highest BCUT2D eigenvalue weighted by Crippen LogP contribution is 2.41. The van der Waals surface area contributed by atoms with Crippen LogP contribution in [0.25, 0.3) is 0 Å². The molecule has 0 aliphatic carbocycles. The first-order chi connectivity index (χ1) is 7.16. The smallest absolute Gasteiger partial charge is 0.365 e. The Balaban J connectivity index is 3.92. The standard InChI is InChI=1S/C9H18NO5P/c1-5-9(11)14-8-16(12,13)15-7-6-10(2,3)4/h5H,1,6-8H2,2-4H3/p+1. The SMILES string of the molecule is C=CC(=O)OCP(=O)(O)OCC[N+](C)(C)C. The third kappa shape index (κ3) is 8.61. The lowest BCUT2D eigenvalue weighted by molar-refractivity contribution is -0.870. The van der Waals surface area contributed by atoms with Gasteiger partial charge in [0.05, 0.1) is 21.1 Å². The van der Waals surface area contributed by atoms with Crippen LogP contribution in [-0.2, 0) is 18.6 Å². The highest BCUT2D eigenvalue weighted by Gasteiger charge is 2.22. The van der Waals surface area contributed by atoms with Crippen molar-refractivity contribution in [3.8, 4) is 0 Å². The third-order valence-corrected chi connectivity index (χ3v) is 2.63. The molecular formula is C9H19NO5P+. The van der Waals surface area contributed by atoms with E-state index in [4.69, 9.17) is 4.52 Å². The Bertz CT molecular complexity index is 297. The van der Waals surface area contributed by atoms with E-state index in [0.29, 0.717) is 11.0 Å². The molecule has 94 valence electrons. The second-order valence-corrected chi connectivity index (χ2v) is 6.07. The molecule has 0 amide bonds. The highest BCUT2D eigenvalue weighted by atomic mass is 31.2. The molecule has 0 aromatic carbocycles. The van der Waals surface area contributed by atoms with Crippen molar-refractivity contribution < 1.29 is 28.0 Å². The number of likely N-dealkylation sites (N-methyl/N-ethyl adjacent to an activating group) is 1. The number of rotatable bonds is 7. The van der Waals surface area contributed by atoms with Crippen LogP contribution in [0.3, 0.4) is 0 Å². The van der Waals surface area contributed by atoms with Crippen LogP contribution in [0.1, 0.15) is 0 Å². The summed E-state index contributed by atoms with van der Waals surface area (Å²) >= 11 is 0. The van der Waals surface area contributed by atoms with Crippen LogP contribution in [0.5, 0.6) is 0 Å². The fraction of sp³-hybridized carbons (Fsp3) is 0.667. The number of hydrogen-bond acceptors (Lipinski definition) is 4. The van der Waals surface area contributed by atoms with E-state index in [2.05, 4.69) is 11.3 Å². The molecule has 0 heterocycles. The zero-order valence-corrected chi connectivity index (χ0v) is 10.8. The molecule has 1 unspecified atom stereocenters. The highest BCUT2D eigenvalue weighted by molar-refractivity contribution is 7.52. The molecule has 0 fully saturated rings. The summed E-state index contributed by atoms with van der Waals surface area (Å²) in [6.07, 6.45) is 0.279. The lowest BCUT2D eigenvalue weighted by Crippen LogP contribution is -2.37. The molecule has 0 aliphatic rings. The van der Waals surface area contributed by atoms with E-state index in [0.717, 1.165) is 6.08 Å². The molecule has 0 spiro atoms. The Morgan fingerprint density at radius 2 is 2.06 bits per heavy atom. The van der Waals surface area contributed by atoms with Crippen LogP contribution in [0.4, 0.5) is 0 Å². The minimum atomic E-state index is -3.85. The van der Waals surface area contributed by atoms with Crippen molar-refractivity contribution in [2.75, 3.05) is 40.6 Å². The fourth-order valence-corrected chi connectivity index (χ4v) is 1.43. The minimum absolute atomic E-state index is 0.128. The van der Waals surface area contributed by atoms with Gasteiger partial charge in [0, 0.05) is 6.08 Å². The van der Waals surface area contributed by atoms with Crippen LogP contribution in [-0.4, -0.2) is 56.0 Å². The Kier molecular flexibility index (Phi) is 5.89. The van der Waals surface area contributed by atoms with Crippen LogP contribution < -0.4 is 0 Å². The maximum Gasteiger partial charge on any atom is 0.365 e. The summed E-state index contributed by atoms with van der Waals surface area (Å²) in [4.78, 5) is 19.9. The molecule has 6 nitrogen and oxygen atoms in total. The van der Waals surface area contributed by atoms with Crippen LogP contribution >= 0.6 is 7.60 Å². The van der Waals surface area contributed by atoms with Gasteiger partial charge in [0.2, 0.25) is 0 Å². The molecule has 0 aromatic rings. The number of carbonyl (C=O) groups is 1. The van der Waals surface area contributed by atoms with Crippen molar-refractivity contribution in [1.29, 1.82) is 0 Å². The van der Waals surface area contributed by atoms with Crippen molar-refractivity contribution in [3.63, 3.8) is 0 Å². The summed E-state index contributed by atoms with van der Waals surface area (Å²) in [5.41, 5.74) is 0. The maximum absolute atomic E-state index is 11.3. The van der Waals surface area contributed by atoms with Crippen molar-refractivity contribution >= 4 is 13.6 Å². The third-order valence-electron chi connectivity index (χ3n) is 1.59. The average molecular weight is 252 g/mol. The van der Waals surface area contributed by atoms with Crippen molar-refractivity contribution in [2.45, 2.75) is 0 Å². The van der Waals surface area contributed by atoms with Gasteiger partial charge < -0.3 is 18.6 Å². The fourth-order valence-electron chi connectivity index (χ4n) is 0.699. The van der Waals surface area contributed by atoms with Crippen molar-refractivity contribution in [1.82, 2.24) is 0 Å². The molecule has 0 rings (SSSR count). The van der Waals surface area contributed by atoms with E-state index in [1.807, 2.05) is 21.1 Å². The zero-order chi connectivity index (χ0) is 12.8.